The van der Waals surface area contributed by atoms with E-state index in [1.165, 1.54) is 36.1 Å². The van der Waals surface area contributed by atoms with Crippen LogP contribution in [0.4, 0.5) is 5.69 Å². The van der Waals surface area contributed by atoms with E-state index in [-0.39, 0.29) is 0 Å². The molecule has 0 spiro atoms. The van der Waals surface area contributed by atoms with E-state index in [0.717, 1.165) is 13.1 Å². The maximum Gasteiger partial charge on any atom is 0.0368 e. The molecule has 0 fully saturated rings. The molecule has 0 amide bonds. The number of anilines is 1. The highest BCUT2D eigenvalue weighted by molar-refractivity contribution is 5.50. The Morgan fingerprint density at radius 2 is 1.63 bits per heavy atom. The fraction of sp³-hybridized carbons (Fsp3) is 0.647. The monoisotopic (exact) mass is 262 g/mol. The minimum Gasteiger partial charge on any atom is -0.375 e. The van der Waals surface area contributed by atoms with Crippen molar-refractivity contribution >= 4 is 5.69 Å². The van der Waals surface area contributed by atoms with Gasteiger partial charge in [0.05, 0.1) is 0 Å². The summed E-state index contributed by atoms with van der Waals surface area (Å²) in [6, 6.07) is 7.38. The second-order valence-corrected chi connectivity index (χ2v) is 5.94. The van der Waals surface area contributed by atoms with Gasteiger partial charge in [-0.2, -0.15) is 0 Å². The number of benzene rings is 1. The first-order valence-electron chi connectivity index (χ1n) is 7.52. The van der Waals surface area contributed by atoms with Crippen LogP contribution in [0, 0.1) is 13.8 Å². The zero-order valence-corrected chi connectivity index (χ0v) is 13.3. The molecule has 1 rings (SSSR count). The number of unbranched alkanes of at least 4 members (excludes halogenated alkanes) is 2. The van der Waals surface area contributed by atoms with Crippen molar-refractivity contribution in [2.45, 2.75) is 53.0 Å². The summed E-state index contributed by atoms with van der Waals surface area (Å²) in [5.74, 6) is 0. The number of nitrogens with zero attached hydrogens (tertiary/aromatic N) is 1. The van der Waals surface area contributed by atoms with E-state index < -0.39 is 0 Å². The third-order valence-electron chi connectivity index (χ3n) is 3.37. The molecule has 1 aromatic carbocycles. The SMILES string of the molecule is Cc1cc(C)cc(N(C)CCCCCNC(C)C)c1. The van der Waals surface area contributed by atoms with Gasteiger partial charge in [0.2, 0.25) is 0 Å². The maximum absolute atomic E-state index is 3.47. The molecule has 0 heterocycles. The van der Waals surface area contributed by atoms with E-state index in [4.69, 9.17) is 0 Å². The zero-order chi connectivity index (χ0) is 14.3. The number of aryl methyl sites for hydroxylation is 2. The third kappa shape index (κ3) is 6.63. The van der Waals surface area contributed by atoms with E-state index in [9.17, 15) is 0 Å². The molecule has 108 valence electrons. The van der Waals surface area contributed by atoms with Gasteiger partial charge in [-0.15, -0.1) is 0 Å². The lowest BCUT2D eigenvalue weighted by Gasteiger charge is -2.20. The predicted octanol–water partition coefficient (Wildman–Crippen LogP) is 3.91. The van der Waals surface area contributed by atoms with Crippen LogP contribution in [0.15, 0.2) is 18.2 Å². The molecule has 0 saturated heterocycles. The normalized spacial score (nSPS) is 11.1. The number of hydrogen-bond donors (Lipinski definition) is 1. The molecule has 2 heteroatoms. The van der Waals surface area contributed by atoms with Crippen molar-refractivity contribution in [2.75, 3.05) is 25.0 Å². The lowest BCUT2D eigenvalue weighted by molar-refractivity contribution is 0.548. The summed E-state index contributed by atoms with van der Waals surface area (Å²) in [6.45, 7) is 11.0. The largest absolute Gasteiger partial charge is 0.375 e. The molecule has 0 aromatic heterocycles. The average molecular weight is 262 g/mol. The maximum atomic E-state index is 3.47. The van der Waals surface area contributed by atoms with E-state index >= 15 is 0 Å². The Bertz CT molecular complexity index is 351. The second-order valence-electron chi connectivity index (χ2n) is 5.94. The smallest absolute Gasteiger partial charge is 0.0368 e. The highest BCUT2D eigenvalue weighted by atomic mass is 15.1. The molecule has 0 radical (unpaired) electrons. The van der Waals surface area contributed by atoms with Gasteiger partial charge in [0, 0.05) is 25.3 Å². The number of rotatable bonds is 8. The average Bonchev–Trinajstić information content (AvgIpc) is 2.31. The lowest BCUT2D eigenvalue weighted by Crippen LogP contribution is -2.24. The first-order valence-corrected chi connectivity index (χ1v) is 7.52. The van der Waals surface area contributed by atoms with Crippen molar-refractivity contribution in [1.29, 1.82) is 0 Å². The van der Waals surface area contributed by atoms with Crippen molar-refractivity contribution in [3.05, 3.63) is 29.3 Å². The number of nitrogens with one attached hydrogen (secondary N) is 1. The molecule has 1 N–H and O–H groups in total. The van der Waals surface area contributed by atoms with Crippen LogP contribution in [0.5, 0.6) is 0 Å². The highest BCUT2D eigenvalue weighted by Gasteiger charge is 2.02. The molecule has 19 heavy (non-hydrogen) atoms. The van der Waals surface area contributed by atoms with Gasteiger partial charge in [-0.1, -0.05) is 26.3 Å². The fourth-order valence-corrected chi connectivity index (χ4v) is 2.34. The fourth-order valence-electron chi connectivity index (χ4n) is 2.34. The number of hydrogen-bond acceptors (Lipinski definition) is 2. The first-order chi connectivity index (χ1) is 8.99. The molecular formula is C17H30N2. The van der Waals surface area contributed by atoms with Crippen molar-refractivity contribution in [3.8, 4) is 0 Å². The van der Waals surface area contributed by atoms with Crippen LogP contribution in [-0.2, 0) is 0 Å². The molecule has 1 aromatic rings. The quantitative estimate of drug-likeness (QED) is 0.715. The molecule has 0 saturated carbocycles. The van der Waals surface area contributed by atoms with E-state index in [1.807, 2.05) is 0 Å². The van der Waals surface area contributed by atoms with Crippen molar-refractivity contribution in [1.82, 2.24) is 5.32 Å². The van der Waals surface area contributed by atoms with Crippen LogP contribution in [0.3, 0.4) is 0 Å². The minimum atomic E-state index is 0.609. The van der Waals surface area contributed by atoms with Gasteiger partial charge in [0.1, 0.15) is 0 Å². The summed E-state index contributed by atoms with van der Waals surface area (Å²) in [6.07, 6.45) is 3.84. The molecular weight excluding hydrogens is 232 g/mol. The van der Waals surface area contributed by atoms with Crippen LogP contribution >= 0.6 is 0 Å². The van der Waals surface area contributed by atoms with Crippen molar-refractivity contribution in [2.24, 2.45) is 0 Å². The van der Waals surface area contributed by atoms with Crippen LogP contribution < -0.4 is 10.2 Å². The molecule has 0 unspecified atom stereocenters. The molecule has 0 bridgehead atoms. The summed E-state index contributed by atoms with van der Waals surface area (Å²) < 4.78 is 0. The topological polar surface area (TPSA) is 15.3 Å². The molecule has 0 aliphatic heterocycles. The van der Waals surface area contributed by atoms with Gasteiger partial charge in [-0.25, -0.2) is 0 Å². The Balaban J connectivity index is 2.25. The van der Waals surface area contributed by atoms with Crippen molar-refractivity contribution < 1.29 is 0 Å². The Morgan fingerprint density at radius 3 is 2.21 bits per heavy atom. The van der Waals surface area contributed by atoms with Gasteiger partial charge in [0.25, 0.3) is 0 Å². The first kappa shape index (κ1) is 16.0. The van der Waals surface area contributed by atoms with E-state index in [0.29, 0.717) is 6.04 Å². The van der Waals surface area contributed by atoms with Gasteiger partial charge in [0.15, 0.2) is 0 Å². The summed E-state index contributed by atoms with van der Waals surface area (Å²) in [5.41, 5.74) is 4.05. The zero-order valence-electron chi connectivity index (χ0n) is 13.3. The summed E-state index contributed by atoms with van der Waals surface area (Å²) in [7, 11) is 2.20. The van der Waals surface area contributed by atoms with Crippen LogP contribution in [-0.4, -0.2) is 26.2 Å². The summed E-state index contributed by atoms with van der Waals surface area (Å²) in [4.78, 5) is 2.37. The molecule has 0 aliphatic rings. The summed E-state index contributed by atoms with van der Waals surface area (Å²) >= 11 is 0. The molecule has 0 aliphatic carbocycles. The standard InChI is InChI=1S/C17H30N2/c1-14(2)18-9-7-6-8-10-19(5)17-12-15(3)11-16(4)13-17/h11-14,18H,6-10H2,1-5H3. The van der Waals surface area contributed by atoms with Crippen molar-refractivity contribution in [3.63, 3.8) is 0 Å². The Kier molecular flexibility index (Phi) is 6.93. The van der Waals surface area contributed by atoms with Crippen LogP contribution in [0.25, 0.3) is 0 Å². The predicted molar refractivity (Wildman–Crippen MR) is 86.2 cm³/mol. The highest BCUT2D eigenvalue weighted by Crippen LogP contribution is 2.17. The van der Waals surface area contributed by atoms with E-state index in [2.05, 4.69) is 63.2 Å². The molecule has 0 atom stereocenters. The Labute approximate surface area is 119 Å². The Morgan fingerprint density at radius 1 is 1.00 bits per heavy atom. The van der Waals surface area contributed by atoms with Gasteiger partial charge < -0.3 is 10.2 Å². The van der Waals surface area contributed by atoms with E-state index in [1.54, 1.807) is 0 Å². The van der Waals surface area contributed by atoms with Gasteiger partial charge in [-0.3, -0.25) is 0 Å². The minimum absolute atomic E-state index is 0.609. The van der Waals surface area contributed by atoms with Gasteiger partial charge >= 0.3 is 0 Å². The molecule has 2 nitrogen and oxygen atoms in total. The van der Waals surface area contributed by atoms with Gasteiger partial charge in [-0.05, 0) is 56.5 Å². The summed E-state index contributed by atoms with van der Waals surface area (Å²) in [5, 5.41) is 3.47. The van der Waals surface area contributed by atoms with Crippen LogP contribution in [0.2, 0.25) is 0 Å². The third-order valence-corrected chi connectivity index (χ3v) is 3.37. The lowest BCUT2D eigenvalue weighted by atomic mass is 10.1. The second kappa shape index (κ2) is 8.21. The van der Waals surface area contributed by atoms with Crippen LogP contribution in [0.1, 0.15) is 44.2 Å². The Hall–Kier alpha value is -1.02.